The van der Waals surface area contributed by atoms with Gasteiger partial charge in [-0.05, 0) is 0 Å². The Hall–Kier alpha value is -0.810. The first-order valence-electron chi connectivity index (χ1n) is 4.58. The zero-order valence-corrected chi connectivity index (χ0v) is 8.92. The summed E-state index contributed by atoms with van der Waals surface area (Å²) in [6.45, 7) is -2.23. The predicted molar refractivity (Wildman–Crippen MR) is 52.9 cm³/mol. The van der Waals surface area contributed by atoms with Crippen molar-refractivity contribution in [3.05, 3.63) is 0 Å². The monoisotopic (exact) mass is 258 g/mol. The molecule has 0 aliphatic heterocycles. The highest BCUT2D eigenvalue weighted by molar-refractivity contribution is 5.67. The van der Waals surface area contributed by atoms with Crippen LogP contribution in [0.1, 0.15) is 0 Å². The molecular weight excluding hydrogens is 240 g/mol. The van der Waals surface area contributed by atoms with Crippen LogP contribution >= 0.6 is 0 Å². The summed E-state index contributed by atoms with van der Waals surface area (Å²) in [6, 6.07) is 0. The summed E-state index contributed by atoms with van der Waals surface area (Å²) in [5.41, 5.74) is 0. The quantitative estimate of drug-likeness (QED) is 0.233. The number of carboxylic acid groups (broad SMARTS) is 1. The van der Waals surface area contributed by atoms with E-state index in [1.165, 1.54) is 0 Å². The van der Waals surface area contributed by atoms with E-state index >= 15 is 0 Å². The Morgan fingerprint density at radius 3 is 1.18 bits per heavy atom. The normalized spacial score (nSPS) is 17.4. The van der Waals surface area contributed by atoms with Crippen molar-refractivity contribution in [3.8, 4) is 0 Å². The second kappa shape index (κ2) is 10.4. The summed E-state index contributed by atoms with van der Waals surface area (Å²) >= 11 is 0. The van der Waals surface area contributed by atoms with E-state index in [1.807, 2.05) is 0 Å². The average molecular weight is 258 g/mol. The summed E-state index contributed by atoms with van der Waals surface area (Å²) < 4.78 is 0. The molecule has 0 aliphatic carbocycles. The molecule has 0 aliphatic rings. The van der Waals surface area contributed by atoms with Gasteiger partial charge in [-0.15, -0.1) is 0 Å². The van der Waals surface area contributed by atoms with Crippen molar-refractivity contribution in [1.29, 1.82) is 0 Å². The fraction of sp³-hybridized carbons (Fsp3) is 0.875. The first-order valence-corrected chi connectivity index (χ1v) is 4.58. The van der Waals surface area contributed by atoms with Gasteiger partial charge < -0.3 is 40.9 Å². The zero-order chi connectivity index (χ0) is 14.0. The molecule has 0 heterocycles. The third-order valence-electron chi connectivity index (χ3n) is 1.65. The lowest BCUT2D eigenvalue weighted by Gasteiger charge is -2.24. The van der Waals surface area contributed by atoms with Crippen molar-refractivity contribution in [1.82, 2.24) is 0 Å². The Kier molecular flexibility index (Phi) is 11.3. The molecule has 0 rings (SSSR count). The van der Waals surface area contributed by atoms with Crippen molar-refractivity contribution < 1.29 is 45.6 Å². The average Bonchev–Trinajstić information content (AvgIpc) is 2.35. The third-order valence-corrected chi connectivity index (χ3v) is 1.65. The van der Waals surface area contributed by atoms with E-state index < -0.39 is 50.2 Å². The lowest BCUT2D eigenvalue weighted by atomic mass is 10.0. The number of aliphatic hydroxyl groups excluding tert-OH is 7. The van der Waals surface area contributed by atoms with Crippen LogP contribution in [0.4, 0.5) is 0 Å². The number of carbonyl (C=O) groups is 1. The van der Waals surface area contributed by atoms with E-state index in [0.717, 1.165) is 0 Å². The molecule has 0 spiro atoms. The molecular formula is C8H18O9. The van der Waals surface area contributed by atoms with Gasteiger partial charge in [0.15, 0.2) is 0 Å². The number of aliphatic carboxylic acids is 1. The summed E-state index contributed by atoms with van der Waals surface area (Å²) in [6.07, 6.45) is -6.39. The van der Waals surface area contributed by atoms with Crippen molar-refractivity contribution in [2.45, 2.75) is 24.4 Å². The molecule has 17 heavy (non-hydrogen) atoms. The first-order chi connectivity index (χ1) is 7.81. The fourth-order valence-electron chi connectivity index (χ4n) is 0.671. The second-order valence-electron chi connectivity index (χ2n) is 3.03. The Balaban J connectivity index is 0. The largest absolute Gasteiger partial charge is 0.480 e. The minimum absolute atomic E-state index is 0.726. The van der Waals surface area contributed by atoms with E-state index in [-0.39, 0.29) is 0 Å². The maximum absolute atomic E-state index is 9.12. The van der Waals surface area contributed by atoms with Gasteiger partial charge in [0.05, 0.1) is 13.2 Å². The molecule has 0 fully saturated rings. The van der Waals surface area contributed by atoms with E-state index in [0.29, 0.717) is 0 Å². The number of carboxylic acids is 1. The van der Waals surface area contributed by atoms with Crippen LogP contribution in [0.25, 0.3) is 0 Å². The predicted octanol–water partition coefficient (Wildman–Crippen LogP) is -4.52. The van der Waals surface area contributed by atoms with Crippen LogP contribution in [-0.4, -0.2) is 91.1 Å². The van der Waals surface area contributed by atoms with Crippen LogP contribution in [0.3, 0.4) is 0 Å². The van der Waals surface area contributed by atoms with E-state index in [9.17, 15) is 0 Å². The highest BCUT2D eigenvalue weighted by atomic mass is 16.4. The Morgan fingerprint density at radius 1 is 0.824 bits per heavy atom. The number of rotatable bonds is 6. The van der Waals surface area contributed by atoms with Gasteiger partial charge in [-0.3, -0.25) is 0 Å². The SMILES string of the molecule is O=C(O)CO.OCC(O)C(O)C(O)C(O)CO. The molecule has 0 aromatic heterocycles. The molecule has 9 heteroatoms. The number of hydrogen-bond acceptors (Lipinski definition) is 8. The second-order valence-corrected chi connectivity index (χ2v) is 3.03. The lowest BCUT2D eigenvalue weighted by molar-refractivity contribution is -0.140. The molecule has 0 aromatic rings. The van der Waals surface area contributed by atoms with Gasteiger partial charge in [-0.2, -0.15) is 0 Å². The number of aliphatic hydroxyl groups is 7. The van der Waals surface area contributed by atoms with Crippen LogP contribution in [0.5, 0.6) is 0 Å². The van der Waals surface area contributed by atoms with E-state index in [2.05, 4.69) is 0 Å². The van der Waals surface area contributed by atoms with Crippen molar-refractivity contribution >= 4 is 5.97 Å². The Morgan fingerprint density at radius 2 is 1.06 bits per heavy atom. The summed E-state index contributed by atoms with van der Waals surface area (Å²) in [4.78, 5) is 9.12. The third kappa shape index (κ3) is 8.94. The van der Waals surface area contributed by atoms with Crippen LogP contribution in [0.2, 0.25) is 0 Å². The molecule has 0 aromatic carbocycles. The van der Waals surface area contributed by atoms with Gasteiger partial charge >= 0.3 is 5.97 Å². The standard InChI is InChI=1S/C6H14O6.C2H4O3/c7-1-3(9)5(11)6(12)4(10)2-8;3-1-2(4)5/h3-12H,1-2H2;3H,1H2,(H,4,5). The molecule has 0 saturated carbocycles. The molecule has 104 valence electrons. The molecule has 9 nitrogen and oxygen atoms in total. The van der Waals surface area contributed by atoms with Gasteiger partial charge in [0.1, 0.15) is 31.0 Å². The maximum atomic E-state index is 9.12. The van der Waals surface area contributed by atoms with Crippen LogP contribution in [0, 0.1) is 0 Å². The molecule has 0 radical (unpaired) electrons. The minimum atomic E-state index is -1.67. The Labute approximate surface area is 96.8 Å². The number of hydrogen-bond donors (Lipinski definition) is 8. The minimum Gasteiger partial charge on any atom is -0.480 e. The summed E-state index contributed by atoms with van der Waals surface area (Å²) in [5.74, 6) is -1.19. The van der Waals surface area contributed by atoms with Gasteiger partial charge in [-0.25, -0.2) is 4.79 Å². The van der Waals surface area contributed by atoms with Crippen molar-refractivity contribution in [3.63, 3.8) is 0 Å². The van der Waals surface area contributed by atoms with Gasteiger partial charge in [-0.1, -0.05) is 0 Å². The van der Waals surface area contributed by atoms with E-state index in [4.69, 9.17) is 45.6 Å². The smallest absolute Gasteiger partial charge is 0.329 e. The molecule has 0 bridgehead atoms. The van der Waals surface area contributed by atoms with Crippen LogP contribution < -0.4 is 0 Å². The molecule has 8 N–H and O–H groups in total. The van der Waals surface area contributed by atoms with Crippen LogP contribution in [0.15, 0.2) is 0 Å². The Bertz CT molecular complexity index is 183. The van der Waals surface area contributed by atoms with Crippen molar-refractivity contribution in [2.24, 2.45) is 0 Å². The highest BCUT2D eigenvalue weighted by Gasteiger charge is 2.29. The first kappa shape index (κ1) is 18.6. The van der Waals surface area contributed by atoms with E-state index in [1.54, 1.807) is 0 Å². The topological polar surface area (TPSA) is 179 Å². The summed E-state index contributed by atoms with van der Waals surface area (Å²) in [5, 5.41) is 67.2. The van der Waals surface area contributed by atoms with Crippen molar-refractivity contribution in [2.75, 3.05) is 19.8 Å². The van der Waals surface area contributed by atoms with Crippen LogP contribution in [-0.2, 0) is 4.79 Å². The lowest BCUT2D eigenvalue weighted by Crippen LogP contribution is -2.46. The van der Waals surface area contributed by atoms with Gasteiger partial charge in [0.25, 0.3) is 0 Å². The molecule has 4 unspecified atom stereocenters. The molecule has 0 saturated heterocycles. The maximum Gasteiger partial charge on any atom is 0.329 e. The molecule has 0 amide bonds. The molecule has 4 atom stereocenters. The zero-order valence-electron chi connectivity index (χ0n) is 8.92. The fourth-order valence-corrected chi connectivity index (χ4v) is 0.671. The summed E-state index contributed by atoms with van der Waals surface area (Å²) in [7, 11) is 0. The van der Waals surface area contributed by atoms with Gasteiger partial charge in [0, 0.05) is 0 Å². The highest BCUT2D eigenvalue weighted by Crippen LogP contribution is 2.03. The van der Waals surface area contributed by atoms with Gasteiger partial charge in [0.2, 0.25) is 0 Å².